The predicted octanol–water partition coefficient (Wildman–Crippen LogP) is 3.41. The van der Waals surface area contributed by atoms with Gasteiger partial charge in [-0.15, -0.1) is 11.6 Å². The van der Waals surface area contributed by atoms with Gasteiger partial charge in [0.25, 0.3) is 0 Å². The Kier molecular flexibility index (Phi) is 7.06. The van der Waals surface area contributed by atoms with Gasteiger partial charge in [-0.1, -0.05) is 36.2 Å². The highest BCUT2D eigenvalue weighted by Crippen LogP contribution is 2.15. The average Bonchev–Trinajstić information content (AvgIpc) is 2.32. The maximum atomic E-state index is 11.6. The van der Waals surface area contributed by atoms with Gasteiger partial charge in [-0.2, -0.15) is 0 Å². The number of halogens is 2. The monoisotopic (exact) mass is 273 g/mol. The quantitative estimate of drug-likeness (QED) is 0.599. The smallest absolute Gasteiger partial charge is 0.224 e. The normalized spacial score (nSPS) is 10.2. The summed E-state index contributed by atoms with van der Waals surface area (Å²) in [7, 11) is 0. The number of carbonyl (C=O) groups is 1. The highest BCUT2D eigenvalue weighted by atomic mass is 35.5. The van der Waals surface area contributed by atoms with Crippen molar-refractivity contribution in [3.8, 4) is 0 Å². The van der Waals surface area contributed by atoms with Gasteiger partial charge in [0, 0.05) is 17.4 Å². The molecule has 0 heterocycles. The van der Waals surface area contributed by atoms with E-state index in [1.165, 1.54) is 0 Å². The summed E-state index contributed by atoms with van der Waals surface area (Å²) in [5.41, 5.74) is 0.868. The van der Waals surface area contributed by atoms with E-state index in [0.717, 1.165) is 24.8 Å². The summed E-state index contributed by atoms with van der Waals surface area (Å²) in [4.78, 5) is 11.6. The first-order valence-corrected chi connectivity index (χ1v) is 6.71. The zero-order chi connectivity index (χ0) is 12.5. The average molecular weight is 274 g/mol. The lowest BCUT2D eigenvalue weighted by molar-refractivity contribution is -0.120. The Hall–Kier alpha value is -0.730. The summed E-state index contributed by atoms with van der Waals surface area (Å²) in [6, 6.07) is 7.41. The molecular weight excluding hydrogens is 257 g/mol. The molecule has 4 heteroatoms. The Morgan fingerprint density at radius 2 is 1.94 bits per heavy atom. The van der Waals surface area contributed by atoms with Crippen molar-refractivity contribution < 1.29 is 4.79 Å². The Labute approximate surface area is 112 Å². The Morgan fingerprint density at radius 3 is 2.65 bits per heavy atom. The third-order valence-electron chi connectivity index (χ3n) is 2.44. The van der Waals surface area contributed by atoms with Crippen molar-refractivity contribution in [2.75, 3.05) is 12.4 Å². The second kappa shape index (κ2) is 8.37. The van der Waals surface area contributed by atoms with Gasteiger partial charge < -0.3 is 5.32 Å². The van der Waals surface area contributed by atoms with Crippen molar-refractivity contribution in [1.82, 2.24) is 5.32 Å². The van der Waals surface area contributed by atoms with Gasteiger partial charge in [-0.25, -0.2) is 0 Å². The summed E-state index contributed by atoms with van der Waals surface area (Å²) in [5, 5.41) is 3.52. The van der Waals surface area contributed by atoms with Crippen LogP contribution in [-0.2, 0) is 11.2 Å². The molecule has 1 N–H and O–H groups in total. The number of hydrogen-bond donors (Lipinski definition) is 1. The molecule has 1 rings (SSSR count). The minimum Gasteiger partial charge on any atom is -0.356 e. The number of unbranched alkanes of at least 4 members (excludes halogenated alkanes) is 2. The summed E-state index contributed by atoms with van der Waals surface area (Å²) in [6.45, 7) is 0.709. The van der Waals surface area contributed by atoms with Crippen molar-refractivity contribution in [1.29, 1.82) is 0 Å². The molecule has 1 aromatic rings. The number of hydrogen-bond acceptors (Lipinski definition) is 1. The standard InChI is InChI=1S/C13H17Cl2NO/c14-8-4-1-5-9-16-13(17)10-11-6-2-3-7-12(11)15/h2-3,6-7H,1,4-5,8-10H2,(H,16,17). The van der Waals surface area contributed by atoms with Crippen LogP contribution in [0.3, 0.4) is 0 Å². The molecule has 0 fully saturated rings. The topological polar surface area (TPSA) is 29.1 Å². The molecule has 0 aliphatic rings. The van der Waals surface area contributed by atoms with Crippen LogP contribution in [0.4, 0.5) is 0 Å². The molecule has 0 atom stereocenters. The Morgan fingerprint density at radius 1 is 1.18 bits per heavy atom. The number of rotatable bonds is 7. The molecule has 0 saturated carbocycles. The second-order valence-corrected chi connectivity index (χ2v) is 4.65. The summed E-state index contributed by atoms with van der Waals surface area (Å²) >= 11 is 11.5. The van der Waals surface area contributed by atoms with Crippen LogP contribution in [0.5, 0.6) is 0 Å². The van der Waals surface area contributed by atoms with Crippen LogP contribution in [-0.4, -0.2) is 18.3 Å². The van der Waals surface area contributed by atoms with E-state index in [9.17, 15) is 4.79 Å². The summed E-state index contributed by atoms with van der Waals surface area (Å²) < 4.78 is 0. The lowest BCUT2D eigenvalue weighted by Crippen LogP contribution is -2.26. The lowest BCUT2D eigenvalue weighted by Gasteiger charge is -2.06. The summed E-state index contributed by atoms with van der Waals surface area (Å²) in [5.74, 6) is 0.706. The van der Waals surface area contributed by atoms with Gasteiger partial charge in [0.05, 0.1) is 6.42 Å². The van der Waals surface area contributed by atoms with Crippen molar-refractivity contribution in [3.63, 3.8) is 0 Å². The first-order valence-electron chi connectivity index (χ1n) is 5.80. The number of nitrogens with one attached hydrogen (secondary N) is 1. The van der Waals surface area contributed by atoms with Crippen LogP contribution < -0.4 is 5.32 Å². The first kappa shape index (κ1) is 14.3. The summed E-state index contributed by atoms with van der Waals surface area (Å²) in [6.07, 6.45) is 3.37. The van der Waals surface area contributed by atoms with E-state index in [0.29, 0.717) is 23.9 Å². The molecular formula is C13H17Cl2NO. The van der Waals surface area contributed by atoms with Gasteiger partial charge in [-0.3, -0.25) is 4.79 Å². The van der Waals surface area contributed by atoms with E-state index in [1.807, 2.05) is 18.2 Å². The molecule has 17 heavy (non-hydrogen) atoms. The molecule has 0 radical (unpaired) electrons. The molecule has 0 aliphatic heterocycles. The number of alkyl halides is 1. The number of benzene rings is 1. The molecule has 1 amide bonds. The molecule has 0 aliphatic carbocycles. The van der Waals surface area contributed by atoms with Gasteiger partial charge in [0.1, 0.15) is 0 Å². The first-order chi connectivity index (χ1) is 8.24. The van der Waals surface area contributed by atoms with Crippen LogP contribution in [0.1, 0.15) is 24.8 Å². The predicted molar refractivity (Wildman–Crippen MR) is 72.7 cm³/mol. The molecule has 0 saturated heterocycles. The molecule has 0 aromatic heterocycles. The maximum absolute atomic E-state index is 11.6. The van der Waals surface area contributed by atoms with Gasteiger partial charge >= 0.3 is 0 Å². The molecule has 0 unspecified atom stereocenters. The Bertz CT molecular complexity index is 355. The fourth-order valence-electron chi connectivity index (χ4n) is 1.50. The van der Waals surface area contributed by atoms with E-state index in [-0.39, 0.29) is 5.91 Å². The third kappa shape index (κ3) is 5.94. The van der Waals surface area contributed by atoms with Crippen LogP contribution in [0.2, 0.25) is 5.02 Å². The molecule has 2 nitrogen and oxygen atoms in total. The highest BCUT2D eigenvalue weighted by Gasteiger charge is 2.05. The van der Waals surface area contributed by atoms with Crippen molar-refractivity contribution in [2.24, 2.45) is 0 Å². The van der Waals surface area contributed by atoms with Crippen molar-refractivity contribution >= 4 is 29.1 Å². The van der Waals surface area contributed by atoms with Crippen molar-refractivity contribution in [2.45, 2.75) is 25.7 Å². The van der Waals surface area contributed by atoms with Crippen LogP contribution >= 0.6 is 23.2 Å². The second-order valence-electron chi connectivity index (χ2n) is 3.87. The maximum Gasteiger partial charge on any atom is 0.224 e. The van der Waals surface area contributed by atoms with E-state index < -0.39 is 0 Å². The zero-order valence-corrected chi connectivity index (χ0v) is 11.2. The number of amides is 1. The van der Waals surface area contributed by atoms with Crippen LogP contribution in [0, 0.1) is 0 Å². The highest BCUT2D eigenvalue weighted by molar-refractivity contribution is 6.31. The fraction of sp³-hybridized carbons (Fsp3) is 0.462. The molecule has 1 aromatic carbocycles. The van der Waals surface area contributed by atoms with E-state index in [4.69, 9.17) is 23.2 Å². The van der Waals surface area contributed by atoms with Crippen molar-refractivity contribution in [3.05, 3.63) is 34.9 Å². The third-order valence-corrected chi connectivity index (χ3v) is 3.08. The minimum atomic E-state index is 0.0176. The largest absolute Gasteiger partial charge is 0.356 e. The molecule has 0 bridgehead atoms. The SMILES string of the molecule is O=C(Cc1ccccc1Cl)NCCCCCCl. The van der Waals surface area contributed by atoms with Gasteiger partial charge in [0.2, 0.25) is 5.91 Å². The molecule has 94 valence electrons. The van der Waals surface area contributed by atoms with Gasteiger partial charge in [0.15, 0.2) is 0 Å². The van der Waals surface area contributed by atoms with Crippen LogP contribution in [0.15, 0.2) is 24.3 Å². The van der Waals surface area contributed by atoms with Gasteiger partial charge in [-0.05, 0) is 24.5 Å². The fourth-order valence-corrected chi connectivity index (χ4v) is 1.89. The minimum absolute atomic E-state index is 0.0176. The Balaban J connectivity index is 2.23. The van der Waals surface area contributed by atoms with E-state index in [2.05, 4.69) is 5.32 Å². The van der Waals surface area contributed by atoms with Crippen LogP contribution in [0.25, 0.3) is 0 Å². The van der Waals surface area contributed by atoms with E-state index in [1.54, 1.807) is 6.07 Å². The van der Waals surface area contributed by atoms with E-state index >= 15 is 0 Å². The molecule has 0 spiro atoms. The zero-order valence-electron chi connectivity index (χ0n) is 9.72. The number of carbonyl (C=O) groups excluding carboxylic acids is 1. The lowest BCUT2D eigenvalue weighted by atomic mass is 10.1.